The average Bonchev–Trinajstić information content (AvgIpc) is 3.27. The van der Waals surface area contributed by atoms with Crippen LogP contribution < -0.4 is 5.48 Å². The number of nitrogens with zero attached hydrogens (tertiary/aromatic N) is 1. The zero-order valence-corrected chi connectivity index (χ0v) is 16.5. The van der Waals surface area contributed by atoms with Gasteiger partial charge in [-0.05, 0) is 61.3 Å². The van der Waals surface area contributed by atoms with Crippen LogP contribution in [-0.2, 0) is 14.8 Å². The minimum atomic E-state index is -3.87. The fourth-order valence-corrected chi connectivity index (χ4v) is 8.29. The molecule has 1 aromatic heterocycles. The summed E-state index contributed by atoms with van der Waals surface area (Å²) in [6.07, 6.45) is 3.06. The summed E-state index contributed by atoms with van der Waals surface area (Å²) in [5, 5.41) is 10.4. The van der Waals surface area contributed by atoms with E-state index in [4.69, 9.17) is 16.8 Å². The van der Waals surface area contributed by atoms with Crippen molar-refractivity contribution in [2.75, 3.05) is 0 Å². The van der Waals surface area contributed by atoms with Gasteiger partial charge in [0.1, 0.15) is 10.3 Å². The lowest BCUT2D eigenvalue weighted by molar-refractivity contribution is -0.132. The van der Waals surface area contributed by atoms with Gasteiger partial charge < -0.3 is 0 Å². The van der Waals surface area contributed by atoms with Gasteiger partial charge in [0.15, 0.2) is 0 Å². The molecule has 6 nitrogen and oxygen atoms in total. The molecule has 0 radical (unpaired) electrons. The summed E-state index contributed by atoms with van der Waals surface area (Å²) < 4.78 is 29.5. The molecule has 0 spiro atoms. The van der Waals surface area contributed by atoms with Gasteiger partial charge in [0.25, 0.3) is 15.9 Å². The first-order valence-corrected chi connectivity index (χ1v) is 11.1. The third kappa shape index (κ3) is 2.66. The van der Waals surface area contributed by atoms with Crippen molar-refractivity contribution in [2.45, 2.75) is 48.9 Å². The van der Waals surface area contributed by atoms with Gasteiger partial charge in [-0.1, -0.05) is 18.0 Å². The Labute approximate surface area is 160 Å². The monoisotopic (exact) mass is 414 g/mol. The van der Waals surface area contributed by atoms with Crippen molar-refractivity contribution in [1.82, 2.24) is 9.79 Å². The molecule has 140 valence electrons. The molecule has 3 atom stereocenters. The van der Waals surface area contributed by atoms with Gasteiger partial charge in [-0.25, -0.2) is 13.9 Å². The number of benzene rings is 1. The lowest BCUT2D eigenvalue weighted by atomic mass is 10.0. The number of carbonyl (C=O) groups excluding carboxylic acids is 1. The second kappa shape index (κ2) is 6.45. The molecule has 1 aromatic carbocycles. The minimum Gasteiger partial charge on any atom is -0.289 e. The first-order chi connectivity index (χ1) is 12.3. The van der Waals surface area contributed by atoms with E-state index in [0.29, 0.717) is 17.0 Å². The van der Waals surface area contributed by atoms with Gasteiger partial charge in [-0.3, -0.25) is 10.0 Å². The van der Waals surface area contributed by atoms with Crippen molar-refractivity contribution in [3.8, 4) is 0 Å². The van der Waals surface area contributed by atoms with E-state index >= 15 is 0 Å². The molecule has 0 unspecified atom stereocenters. The number of carbonyl (C=O) groups is 1. The second-order valence-corrected chi connectivity index (χ2v) is 10.5. The van der Waals surface area contributed by atoms with Crippen LogP contribution in [0.3, 0.4) is 0 Å². The summed E-state index contributed by atoms with van der Waals surface area (Å²) in [6, 6.07) is 4.27. The van der Waals surface area contributed by atoms with E-state index in [1.54, 1.807) is 24.5 Å². The molecule has 1 saturated heterocycles. The molecular formula is C17H19ClN2O4S2. The van der Waals surface area contributed by atoms with Gasteiger partial charge in [0, 0.05) is 15.8 Å². The Hall–Kier alpha value is -1.19. The van der Waals surface area contributed by atoms with E-state index in [1.807, 2.05) is 6.07 Å². The van der Waals surface area contributed by atoms with Crippen molar-refractivity contribution in [3.63, 3.8) is 0 Å². The molecule has 1 amide bonds. The van der Waals surface area contributed by atoms with Gasteiger partial charge in [-0.2, -0.15) is 4.31 Å². The Morgan fingerprint density at radius 3 is 2.88 bits per heavy atom. The summed E-state index contributed by atoms with van der Waals surface area (Å²) >= 11 is 7.26. The number of halogens is 1. The molecule has 2 aromatic rings. The normalized spacial score (nSPS) is 26.3. The zero-order chi connectivity index (χ0) is 18.6. The molecule has 1 aliphatic heterocycles. The number of fused-ring (bicyclic) bond motifs is 2. The van der Waals surface area contributed by atoms with Gasteiger partial charge >= 0.3 is 0 Å². The Morgan fingerprint density at radius 1 is 1.38 bits per heavy atom. The lowest BCUT2D eigenvalue weighted by Crippen LogP contribution is -2.48. The third-order valence-corrected chi connectivity index (χ3v) is 9.60. The van der Waals surface area contributed by atoms with E-state index < -0.39 is 22.0 Å². The van der Waals surface area contributed by atoms with E-state index in [-0.39, 0.29) is 16.2 Å². The third-order valence-electron chi connectivity index (χ3n) is 5.56. The van der Waals surface area contributed by atoms with Crippen molar-refractivity contribution in [2.24, 2.45) is 5.92 Å². The Balaban J connectivity index is 1.84. The molecule has 2 heterocycles. The quantitative estimate of drug-likeness (QED) is 0.596. The van der Waals surface area contributed by atoms with Gasteiger partial charge in [-0.15, -0.1) is 11.3 Å². The van der Waals surface area contributed by atoms with Crippen molar-refractivity contribution in [1.29, 1.82) is 0 Å². The molecular weight excluding hydrogens is 396 g/mol. The Kier molecular flexibility index (Phi) is 4.51. The molecule has 2 aliphatic rings. The number of thiophene rings is 1. The lowest BCUT2D eigenvalue weighted by Gasteiger charge is -2.27. The molecule has 1 saturated carbocycles. The number of hydrogen-bond donors (Lipinski definition) is 2. The first kappa shape index (κ1) is 18.2. The molecule has 9 heteroatoms. The largest absolute Gasteiger partial charge is 0.289 e. The SMILES string of the molecule is Cc1c(S(=O)(=O)N2[C@@H](C(=O)NO)C[C@H]3CCC[C@H]32)sc2ccc(Cl)cc12. The number of rotatable bonds is 3. The maximum Gasteiger partial charge on any atom is 0.261 e. The van der Waals surface area contributed by atoms with Crippen molar-refractivity contribution >= 4 is 49.0 Å². The molecule has 1 aliphatic carbocycles. The zero-order valence-electron chi connectivity index (χ0n) is 14.1. The number of nitrogens with one attached hydrogen (secondary N) is 1. The topological polar surface area (TPSA) is 86.7 Å². The van der Waals surface area contributed by atoms with Crippen LogP contribution in [0.25, 0.3) is 10.1 Å². The smallest absolute Gasteiger partial charge is 0.261 e. The maximum absolute atomic E-state index is 13.5. The van der Waals surface area contributed by atoms with Gasteiger partial charge in [0.2, 0.25) is 0 Å². The van der Waals surface area contributed by atoms with Crippen LogP contribution in [0, 0.1) is 12.8 Å². The highest BCUT2D eigenvalue weighted by Gasteiger charge is 2.52. The number of sulfonamides is 1. The fourth-order valence-electron chi connectivity index (χ4n) is 4.40. The standard InChI is InChI=1S/C17H19ClN2O4S2/c1-9-12-8-11(18)5-6-15(12)25-17(9)26(23,24)20-13-4-2-3-10(13)7-14(20)16(21)19-22/h5-6,8,10,13-14,22H,2-4,7H2,1H3,(H,19,21)/t10-,13-,14-/m1/s1. The predicted octanol–water partition coefficient (Wildman–Crippen LogP) is 3.30. The molecule has 26 heavy (non-hydrogen) atoms. The molecule has 2 fully saturated rings. The van der Waals surface area contributed by atoms with E-state index in [1.165, 1.54) is 15.6 Å². The average molecular weight is 415 g/mol. The van der Waals surface area contributed by atoms with E-state index in [0.717, 1.165) is 29.3 Å². The summed E-state index contributed by atoms with van der Waals surface area (Å²) in [7, 11) is -3.87. The highest BCUT2D eigenvalue weighted by molar-refractivity contribution is 7.91. The van der Waals surface area contributed by atoms with E-state index in [2.05, 4.69) is 0 Å². The number of aryl methyl sites for hydroxylation is 1. The summed E-state index contributed by atoms with van der Waals surface area (Å²) in [5.41, 5.74) is 2.29. The van der Waals surface area contributed by atoms with Crippen molar-refractivity contribution in [3.05, 3.63) is 28.8 Å². The van der Waals surface area contributed by atoms with Crippen LogP contribution in [0.5, 0.6) is 0 Å². The van der Waals surface area contributed by atoms with Crippen LogP contribution in [0.4, 0.5) is 0 Å². The highest BCUT2D eigenvalue weighted by Crippen LogP contribution is 2.46. The fraction of sp³-hybridized carbons (Fsp3) is 0.471. The van der Waals surface area contributed by atoms with Gasteiger partial charge in [0.05, 0.1) is 0 Å². The summed E-state index contributed by atoms with van der Waals surface area (Å²) in [5.74, 6) is -0.499. The van der Waals surface area contributed by atoms with Crippen LogP contribution in [0.2, 0.25) is 5.02 Å². The maximum atomic E-state index is 13.5. The minimum absolute atomic E-state index is 0.163. The molecule has 2 N–H and O–H groups in total. The number of hydrogen-bond acceptors (Lipinski definition) is 5. The highest BCUT2D eigenvalue weighted by atomic mass is 35.5. The van der Waals surface area contributed by atoms with Crippen molar-refractivity contribution < 1.29 is 18.4 Å². The summed E-state index contributed by atoms with van der Waals surface area (Å²) in [4.78, 5) is 12.2. The van der Waals surface area contributed by atoms with Crippen LogP contribution in [0.15, 0.2) is 22.4 Å². The van der Waals surface area contributed by atoms with Crippen LogP contribution in [-0.4, -0.2) is 35.9 Å². The Bertz CT molecular complexity index is 988. The number of hydroxylamine groups is 1. The first-order valence-electron chi connectivity index (χ1n) is 8.50. The summed E-state index contributed by atoms with van der Waals surface area (Å²) in [6.45, 7) is 1.77. The van der Waals surface area contributed by atoms with E-state index in [9.17, 15) is 13.2 Å². The molecule has 0 bridgehead atoms. The van der Waals surface area contributed by atoms with Crippen LogP contribution in [0.1, 0.15) is 31.2 Å². The van der Waals surface area contributed by atoms with Crippen LogP contribution >= 0.6 is 22.9 Å². The predicted molar refractivity (Wildman–Crippen MR) is 100 cm³/mol. The Morgan fingerprint density at radius 2 is 2.15 bits per heavy atom. The second-order valence-electron chi connectivity index (χ2n) is 6.98. The molecule has 4 rings (SSSR count). The number of amides is 1.